The molecule has 2 heterocycles. The van der Waals surface area contributed by atoms with Crippen LogP contribution in [0.2, 0.25) is 10.0 Å². The Balaban J connectivity index is 1.93. The van der Waals surface area contributed by atoms with Crippen LogP contribution >= 0.6 is 34.5 Å². The third-order valence-electron chi connectivity index (χ3n) is 3.04. The van der Waals surface area contributed by atoms with Crippen molar-refractivity contribution < 1.29 is 0 Å². The van der Waals surface area contributed by atoms with E-state index in [1.165, 1.54) is 11.3 Å². The van der Waals surface area contributed by atoms with E-state index in [1.54, 1.807) is 24.5 Å². The van der Waals surface area contributed by atoms with Gasteiger partial charge in [0.25, 0.3) is 0 Å². The van der Waals surface area contributed by atoms with E-state index in [4.69, 9.17) is 28.9 Å². The summed E-state index contributed by atoms with van der Waals surface area (Å²) in [6, 6.07) is 8.87. The van der Waals surface area contributed by atoms with Crippen molar-refractivity contribution in [3.63, 3.8) is 0 Å². The van der Waals surface area contributed by atoms with Crippen LogP contribution in [0.25, 0.3) is 11.3 Å². The molecule has 2 aromatic heterocycles. The molecular weight excluding hydrogens is 325 g/mol. The molecule has 21 heavy (non-hydrogen) atoms. The van der Waals surface area contributed by atoms with Crippen LogP contribution in [0.4, 0.5) is 0 Å². The Labute approximate surface area is 136 Å². The van der Waals surface area contributed by atoms with Gasteiger partial charge in [-0.2, -0.15) is 0 Å². The number of aromatic nitrogens is 2. The molecule has 0 fully saturated rings. The SMILES string of the molecule is NC(c1cccnc1)c1nc(-c2ccc(Cl)cc2Cl)cs1. The van der Waals surface area contributed by atoms with Crippen LogP contribution in [-0.2, 0) is 0 Å². The van der Waals surface area contributed by atoms with Crippen LogP contribution in [0.5, 0.6) is 0 Å². The molecule has 0 radical (unpaired) electrons. The van der Waals surface area contributed by atoms with Gasteiger partial charge in [0.2, 0.25) is 0 Å². The third kappa shape index (κ3) is 3.09. The lowest BCUT2D eigenvalue weighted by Crippen LogP contribution is -2.11. The first-order chi connectivity index (χ1) is 10.1. The number of hydrogen-bond donors (Lipinski definition) is 1. The summed E-state index contributed by atoms with van der Waals surface area (Å²) in [6.45, 7) is 0. The Morgan fingerprint density at radius 2 is 2.05 bits per heavy atom. The Morgan fingerprint density at radius 1 is 1.19 bits per heavy atom. The van der Waals surface area contributed by atoms with Crippen molar-refractivity contribution >= 4 is 34.5 Å². The normalized spacial score (nSPS) is 12.3. The average molecular weight is 336 g/mol. The van der Waals surface area contributed by atoms with Gasteiger partial charge in [-0.05, 0) is 29.8 Å². The molecule has 3 rings (SSSR count). The molecular formula is C15H11Cl2N3S. The van der Waals surface area contributed by atoms with E-state index in [0.29, 0.717) is 10.0 Å². The summed E-state index contributed by atoms with van der Waals surface area (Å²) in [5.41, 5.74) is 8.81. The van der Waals surface area contributed by atoms with Crippen molar-refractivity contribution in [3.8, 4) is 11.3 Å². The number of benzene rings is 1. The maximum atomic E-state index is 6.22. The number of halogens is 2. The van der Waals surface area contributed by atoms with Gasteiger partial charge < -0.3 is 5.73 Å². The molecule has 1 aromatic carbocycles. The highest BCUT2D eigenvalue weighted by Gasteiger charge is 2.15. The summed E-state index contributed by atoms with van der Waals surface area (Å²) < 4.78 is 0. The lowest BCUT2D eigenvalue weighted by Gasteiger charge is -2.07. The highest BCUT2D eigenvalue weighted by molar-refractivity contribution is 7.10. The smallest absolute Gasteiger partial charge is 0.115 e. The van der Waals surface area contributed by atoms with Gasteiger partial charge in [-0.25, -0.2) is 4.98 Å². The summed E-state index contributed by atoms with van der Waals surface area (Å²) >= 11 is 13.6. The second-order valence-corrected chi connectivity index (χ2v) is 6.19. The van der Waals surface area contributed by atoms with E-state index in [-0.39, 0.29) is 6.04 Å². The summed E-state index contributed by atoms with van der Waals surface area (Å²) in [5, 5.41) is 3.95. The zero-order valence-corrected chi connectivity index (χ0v) is 13.2. The molecule has 0 aliphatic carbocycles. The van der Waals surface area contributed by atoms with Gasteiger partial charge in [0.05, 0.1) is 16.8 Å². The van der Waals surface area contributed by atoms with Crippen LogP contribution in [-0.4, -0.2) is 9.97 Å². The number of hydrogen-bond acceptors (Lipinski definition) is 4. The van der Waals surface area contributed by atoms with Crippen LogP contribution in [0.15, 0.2) is 48.1 Å². The highest BCUT2D eigenvalue weighted by atomic mass is 35.5. The largest absolute Gasteiger partial charge is 0.318 e. The number of nitrogens with zero attached hydrogens (tertiary/aromatic N) is 2. The van der Waals surface area contributed by atoms with Crippen molar-refractivity contribution in [2.75, 3.05) is 0 Å². The first-order valence-corrected chi connectivity index (χ1v) is 7.85. The Hall–Kier alpha value is -1.46. The van der Waals surface area contributed by atoms with Crippen molar-refractivity contribution in [1.29, 1.82) is 0 Å². The van der Waals surface area contributed by atoms with E-state index in [9.17, 15) is 0 Å². The minimum Gasteiger partial charge on any atom is -0.318 e. The van der Waals surface area contributed by atoms with E-state index in [0.717, 1.165) is 21.8 Å². The van der Waals surface area contributed by atoms with Gasteiger partial charge in [0.15, 0.2) is 0 Å². The average Bonchev–Trinajstić information content (AvgIpc) is 2.97. The summed E-state index contributed by atoms with van der Waals surface area (Å²) in [5.74, 6) is 0. The predicted molar refractivity (Wildman–Crippen MR) is 87.8 cm³/mol. The lowest BCUT2D eigenvalue weighted by atomic mass is 10.1. The molecule has 106 valence electrons. The fourth-order valence-electron chi connectivity index (χ4n) is 1.95. The minimum absolute atomic E-state index is 0.288. The Morgan fingerprint density at radius 3 is 2.76 bits per heavy atom. The van der Waals surface area contributed by atoms with Crippen LogP contribution in [0.3, 0.4) is 0 Å². The summed E-state index contributed by atoms with van der Waals surface area (Å²) in [4.78, 5) is 8.67. The van der Waals surface area contributed by atoms with Crippen LogP contribution < -0.4 is 5.73 Å². The van der Waals surface area contributed by atoms with Gasteiger partial charge in [-0.3, -0.25) is 4.98 Å². The lowest BCUT2D eigenvalue weighted by molar-refractivity contribution is 0.851. The standard InChI is InChI=1S/C15H11Cl2N3S/c16-10-3-4-11(12(17)6-10)13-8-21-15(20-13)14(18)9-2-1-5-19-7-9/h1-8,14H,18H2. The van der Waals surface area contributed by atoms with Gasteiger partial charge >= 0.3 is 0 Å². The number of nitrogens with two attached hydrogens (primary N) is 1. The first kappa shape index (κ1) is 14.5. The second kappa shape index (κ2) is 6.12. The van der Waals surface area contributed by atoms with Crippen molar-refractivity contribution in [1.82, 2.24) is 9.97 Å². The molecule has 6 heteroatoms. The summed E-state index contributed by atoms with van der Waals surface area (Å²) in [7, 11) is 0. The Bertz CT molecular complexity index is 759. The maximum absolute atomic E-state index is 6.22. The fourth-order valence-corrected chi connectivity index (χ4v) is 3.30. The maximum Gasteiger partial charge on any atom is 0.115 e. The summed E-state index contributed by atoms with van der Waals surface area (Å²) in [6.07, 6.45) is 3.47. The van der Waals surface area contributed by atoms with E-state index in [1.807, 2.05) is 23.6 Å². The molecule has 3 nitrogen and oxygen atoms in total. The van der Waals surface area contributed by atoms with E-state index in [2.05, 4.69) is 9.97 Å². The quantitative estimate of drug-likeness (QED) is 0.763. The first-order valence-electron chi connectivity index (χ1n) is 6.21. The molecule has 0 spiro atoms. The monoisotopic (exact) mass is 335 g/mol. The van der Waals surface area contributed by atoms with Gasteiger partial charge in [-0.15, -0.1) is 11.3 Å². The van der Waals surface area contributed by atoms with Gasteiger partial charge in [0, 0.05) is 28.4 Å². The van der Waals surface area contributed by atoms with E-state index < -0.39 is 0 Å². The number of rotatable bonds is 3. The highest BCUT2D eigenvalue weighted by Crippen LogP contribution is 2.33. The molecule has 0 saturated heterocycles. The fraction of sp³-hybridized carbons (Fsp3) is 0.0667. The van der Waals surface area contributed by atoms with Gasteiger partial charge in [-0.1, -0.05) is 29.3 Å². The second-order valence-electron chi connectivity index (χ2n) is 4.46. The van der Waals surface area contributed by atoms with Crippen LogP contribution in [0, 0.1) is 0 Å². The molecule has 0 bridgehead atoms. The van der Waals surface area contributed by atoms with E-state index >= 15 is 0 Å². The zero-order chi connectivity index (χ0) is 14.8. The molecule has 0 aliphatic rings. The molecule has 0 aliphatic heterocycles. The van der Waals surface area contributed by atoms with Crippen molar-refractivity contribution in [3.05, 3.63) is 68.7 Å². The third-order valence-corrected chi connectivity index (χ3v) is 4.51. The topological polar surface area (TPSA) is 51.8 Å². The molecule has 1 unspecified atom stereocenters. The minimum atomic E-state index is -0.288. The molecule has 0 saturated carbocycles. The van der Waals surface area contributed by atoms with Crippen molar-refractivity contribution in [2.45, 2.75) is 6.04 Å². The Kier molecular flexibility index (Phi) is 4.22. The number of pyridine rings is 1. The predicted octanol–water partition coefficient (Wildman–Crippen LogP) is 4.56. The van der Waals surface area contributed by atoms with Crippen LogP contribution in [0.1, 0.15) is 16.6 Å². The zero-order valence-electron chi connectivity index (χ0n) is 10.8. The number of thiazole rings is 1. The molecule has 0 amide bonds. The molecule has 3 aromatic rings. The van der Waals surface area contributed by atoms with Gasteiger partial charge in [0.1, 0.15) is 5.01 Å². The molecule has 1 atom stereocenters. The van der Waals surface area contributed by atoms with Crippen molar-refractivity contribution in [2.24, 2.45) is 5.73 Å². The molecule has 2 N–H and O–H groups in total.